The van der Waals surface area contributed by atoms with Crippen molar-refractivity contribution in [3.05, 3.63) is 89.9 Å². The van der Waals surface area contributed by atoms with Crippen LogP contribution in [0.25, 0.3) is 10.9 Å². The van der Waals surface area contributed by atoms with Crippen molar-refractivity contribution in [1.29, 1.82) is 0 Å². The summed E-state index contributed by atoms with van der Waals surface area (Å²) in [5.74, 6) is 0.842. The lowest BCUT2D eigenvalue weighted by atomic mass is 10.1. The first-order valence-corrected chi connectivity index (χ1v) is 10.4. The normalized spacial score (nSPS) is 11.7. The van der Waals surface area contributed by atoms with Gasteiger partial charge in [0.15, 0.2) is 5.96 Å². The predicted molar refractivity (Wildman–Crippen MR) is 123 cm³/mol. The predicted octanol–water partition coefficient (Wildman–Crippen LogP) is 3.71. The average Bonchev–Trinajstić information content (AvgIpc) is 3.42. The molecule has 0 unspecified atom stereocenters. The molecule has 4 aromatic rings. The van der Waals surface area contributed by atoms with Crippen LogP contribution in [0.3, 0.4) is 0 Å². The number of hydrogen-bond acceptors (Lipinski definition) is 2. The molecule has 0 radical (unpaired) electrons. The molecule has 30 heavy (non-hydrogen) atoms. The van der Waals surface area contributed by atoms with E-state index in [0.717, 1.165) is 32.0 Å². The highest BCUT2D eigenvalue weighted by atomic mass is 15.3. The van der Waals surface area contributed by atoms with E-state index >= 15 is 0 Å². The topological polar surface area (TPSA) is 70.0 Å². The van der Waals surface area contributed by atoms with Crippen molar-refractivity contribution in [1.82, 2.24) is 25.4 Å². The van der Waals surface area contributed by atoms with Gasteiger partial charge in [0.25, 0.3) is 0 Å². The first kappa shape index (κ1) is 19.8. The zero-order valence-corrected chi connectivity index (χ0v) is 17.3. The highest BCUT2D eigenvalue weighted by Crippen LogP contribution is 2.17. The summed E-state index contributed by atoms with van der Waals surface area (Å²) in [6, 6.07) is 18.9. The van der Waals surface area contributed by atoms with Crippen molar-refractivity contribution in [3.63, 3.8) is 0 Å². The van der Waals surface area contributed by atoms with Crippen LogP contribution >= 0.6 is 0 Å². The smallest absolute Gasteiger partial charge is 0.191 e. The molecule has 0 amide bonds. The standard InChI is InChI=1S/C24H28N6/c1-2-25-24(26-13-11-21-17-27-23-10-4-3-9-22(21)23)28-16-19-7-5-8-20(15-19)18-30-14-6-12-29-30/h3-10,12,14-15,17,27H,2,11,13,16,18H2,1H3,(H2,25,26,28). The number of aromatic amines is 1. The minimum absolute atomic E-state index is 0.634. The molecule has 6 heteroatoms. The Morgan fingerprint density at radius 2 is 1.97 bits per heavy atom. The lowest BCUT2D eigenvalue weighted by molar-refractivity contribution is 0.686. The highest BCUT2D eigenvalue weighted by Gasteiger charge is 2.04. The van der Waals surface area contributed by atoms with Crippen LogP contribution in [0.1, 0.15) is 23.6 Å². The molecule has 3 N–H and O–H groups in total. The summed E-state index contributed by atoms with van der Waals surface area (Å²) in [5, 5.41) is 12.4. The van der Waals surface area contributed by atoms with Crippen LogP contribution in [-0.4, -0.2) is 33.8 Å². The maximum Gasteiger partial charge on any atom is 0.191 e. The highest BCUT2D eigenvalue weighted by molar-refractivity contribution is 5.83. The number of aromatic nitrogens is 3. The van der Waals surface area contributed by atoms with E-state index in [-0.39, 0.29) is 0 Å². The zero-order chi connectivity index (χ0) is 20.6. The van der Waals surface area contributed by atoms with Crippen molar-refractivity contribution in [2.45, 2.75) is 26.4 Å². The Labute approximate surface area is 177 Å². The number of rotatable bonds is 8. The number of para-hydroxylation sites is 1. The van der Waals surface area contributed by atoms with Gasteiger partial charge in [0.2, 0.25) is 0 Å². The van der Waals surface area contributed by atoms with E-state index < -0.39 is 0 Å². The van der Waals surface area contributed by atoms with E-state index in [1.54, 1.807) is 6.20 Å². The molecule has 0 bridgehead atoms. The van der Waals surface area contributed by atoms with Gasteiger partial charge >= 0.3 is 0 Å². The SMILES string of the molecule is CCNC(=NCc1cccc(Cn2cccn2)c1)NCCc1c[nH]c2ccccc12. The molecule has 4 rings (SSSR count). The van der Waals surface area contributed by atoms with Crippen LogP contribution in [0.15, 0.2) is 78.2 Å². The molecule has 0 aliphatic rings. The second-order valence-corrected chi connectivity index (χ2v) is 7.26. The first-order valence-electron chi connectivity index (χ1n) is 10.4. The van der Waals surface area contributed by atoms with E-state index in [9.17, 15) is 0 Å². The number of hydrogen-bond donors (Lipinski definition) is 3. The molecule has 6 nitrogen and oxygen atoms in total. The number of benzene rings is 2. The average molecular weight is 401 g/mol. The van der Waals surface area contributed by atoms with Crippen molar-refractivity contribution >= 4 is 16.9 Å². The van der Waals surface area contributed by atoms with Gasteiger partial charge in [-0.15, -0.1) is 0 Å². The lowest BCUT2D eigenvalue weighted by Crippen LogP contribution is -2.38. The second kappa shape index (κ2) is 9.78. The van der Waals surface area contributed by atoms with Crippen LogP contribution < -0.4 is 10.6 Å². The van der Waals surface area contributed by atoms with Gasteiger partial charge in [-0.05, 0) is 42.2 Å². The molecule has 2 aromatic carbocycles. The second-order valence-electron chi connectivity index (χ2n) is 7.26. The van der Waals surface area contributed by atoms with Crippen molar-refractivity contribution in [3.8, 4) is 0 Å². The first-order chi connectivity index (χ1) is 14.8. The van der Waals surface area contributed by atoms with E-state index in [1.807, 2.05) is 16.9 Å². The molecule has 2 heterocycles. The third-order valence-electron chi connectivity index (χ3n) is 5.02. The molecule has 0 aliphatic carbocycles. The Balaban J connectivity index is 1.35. The van der Waals surface area contributed by atoms with Gasteiger partial charge < -0.3 is 15.6 Å². The Morgan fingerprint density at radius 3 is 2.83 bits per heavy atom. The van der Waals surface area contributed by atoms with Gasteiger partial charge in [-0.25, -0.2) is 4.99 Å². The van der Waals surface area contributed by atoms with E-state index in [4.69, 9.17) is 4.99 Å². The Hall–Kier alpha value is -3.54. The summed E-state index contributed by atoms with van der Waals surface area (Å²) in [5.41, 5.74) is 4.92. The lowest BCUT2D eigenvalue weighted by Gasteiger charge is -2.11. The minimum Gasteiger partial charge on any atom is -0.361 e. The molecular formula is C24H28N6. The Kier molecular flexibility index (Phi) is 6.44. The van der Waals surface area contributed by atoms with Gasteiger partial charge in [0, 0.05) is 42.6 Å². The fourth-order valence-corrected chi connectivity index (χ4v) is 3.57. The van der Waals surface area contributed by atoms with Crippen molar-refractivity contribution in [2.24, 2.45) is 4.99 Å². The summed E-state index contributed by atoms with van der Waals surface area (Å²) < 4.78 is 1.93. The van der Waals surface area contributed by atoms with Crippen LogP contribution in [0.2, 0.25) is 0 Å². The number of H-pyrrole nitrogens is 1. The molecule has 154 valence electrons. The summed E-state index contributed by atoms with van der Waals surface area (Å²) in [7, 11) is 0. The summed E-state index contributed by atoms with van der Waals surface area (Å²) in [6.07, 6.45) is 6.82. The molecule has 0 atom stereocenters. The maximum absolute atomic E-state index is 4.77. The molecule has 0 fully saturated rings. The van der Waals surface area contributed by atoms with Crippen LogP contribution in [0.4, 0.5) is 0 Å². The van der Waals surface area contributed by atoms with E-state index in [1.165, 1.54) is 27.6 Å². The third kappa shape index (κ3) is 5.08. The molecule has 0 saturated heterocycles. The summed E-state index contributed by atoms with van der Waals surface area (Å²) >= 11 is 0. The number of aliphatic imine (C=N–C) groups is 1. The molecule has 0 aliphatic heterocycles. The van der Waals surface area contributed by atoms with E-state index in [2.05, 4.69) is 82.4 Å². The van der Waals surface area contributed by atoms with Crippen molar-refractivity contribution in [2.75, 3.05) is 13.1 Å². The molecule has 0 saturated carbocycles. The number of nitrogens with zero attached hydrogens (tertiary/aromatic N) is 3. The van der Waals surface area contributed by atoms with Gasteiger partial charge in [0.05, 0.1) is 13.1 Å². The van der Waals surface area contributed by atoms with Crippen LogP contribution in [0.5, 0.6) is 0 Å². The number of fused-ring (bicyclic) bond motifs is 1. The number of guanidine groups is 1. The third-order valence-corrected chi connectivity index (χ3v) is 5.02. The zero-order valence-electron chi connectivity index (χ0n) is 17.3. The van der Waals surface area contributed by atoms with Gasteiger partial charge in [-0.2, -0.15) is 5.10 Å². The summed E-state index contributed by atoms with van der Waals surface area (Å²) in [6.45, 7) is 5.15. The van der Waals surface area contributed by atoms with E-state index in [0.29, 0.717) is 6.54 Å². The maximum atomic E-state index is 4.77. The molecular weight excluding hydrogens is 372 g/mol. The summed E-state index contributed by atoms with van der Waals surface area (Å²) in [4.78, 5) is 8.11. The van der Waals surface area contributed by atoms with Gasteiger partial charge in [0.1, 0.15) is 0 Å². The fraction of sp³-hybridized carbons (Fsp3) is 0.250. The monoisotopic (exact) mass is 400 g/mol. The molecule has 0 spiro atoms. The van der Waals surface area contributed by atoms with Crippen LogP contribution in [-0.2, 0) is 19.5 Å². The largest absolute Gasteiger partial charge is 0.361 e. The van der Waals surface area contributed by atoms with Gasteiger partial charge in [-0.3, -0.25) is 4.68 Å². The van der Waals surface area contributed by atoms with Crippen LogP contribution in [0, 0.1) is 0 Å². The number of nitrogens with one attached hydrogen (secondary N) is 3. The van der Waals surface area contributed by atoms with Gasteiger partial charge in [-0.1, -0.05) is 42.5 Å². The Bertz CT molecular complexity index is 1090. The Morgan fingerprint density at radius 1 is 1.07 bits per heavy atom. The van der Waals surface area contributed by atoms with Crippen molar-refractivity contribution < 1.29 is 0 Å². The molecule has 2 aromatic heterocycles. The fourth-order valence-electron chi connectivity index (χ4n) is 3.57. The minimum atomic E-state index is 0.634. The quantitative estimate of drug-likeness (QED) is 0.312.